The normalized spacial score (nSPS) is 11.2. The van der Waals surface area contributed by atoms with Gasteiger partial charge in [0.1, 0.15) is 13.2 Å². The summed E-state index contributed by atoms with van der Waals surface area (Å²) in [6.07, 6.45) is -0.582. The Kier molecular flexibility index (Phi) is 12.5. The number of ether oxygens (including phenoxy) is 2. The molecule has 162 valence electrons. The number of hydrogen-bond acceptors (Lipinski definition) is 9. The highest BCUT2D eigenvalue weighted by Crippen LogP contribution is 2.44. The van der Waals surface area contributed by atoms with Crippen molar-refractivity contribution in [2.24, 2.45) is 0 Å². The summed E-state index contributed by atoms with van der Waals surface area (Å²) in [4.78, 5) is 49.1. The number of hydrogen-bond donors (Lipinski definition) is 3. The lowest BCUT2D eigenvalue weighted by Crippen LogP contribution is -2.10. The van der Waals surface area contributed by atoms with Gasteiger partial charge < -0.3 is 9.47 Å². The maximum Gasteiger partial charge on any atom is 0.404 e. The van der Waals surface area contributed by atoms with E-state index in [4.69, 9.17) is 24.2 Å². The van der Waals surface area contributed by atoms with Gasteiger partial charge in [-0.05, 0) is 18.1 Å². The third-order valence-electron chi connectivity index (χ3n) is 3.48. The first kappa shape index (κ1) is 25.9. The second-order valence-corrected chi connectivity index (χ2v) is 10.3. The van der Waals surface area contributed by atoms with Gasteiger partial charge in [0, 0.05) is 28.6 Å². The molecule has 0 bridgehead atoms. The van der Waals surface area contributed by atoms with E-state index in [2.05, 4.69) is 30.8 Å². The van der Waals surface area contributed by atoms with Crippen molar-refractivity contribution in [1.82, 2.24) is 0 Å². The van der Waals surface area contributed by atoms with Crippen LogP contribution in [0.3, 0.4) is 0 Å². The maximum absolute atomic E-state index is 11.4. The molecule has 0 amide bonds. The minimum atomic E-state index is -3.91. The molecule has 7 nitrogen and oxygen atoms in total. The Hall–Kier alpha value is -1.09. The summed E-state index contributed by atoms with van der Waals surface area (Å²) in [5.74, 6) is 2.08. The van der Waals surface area contributed by atoms with Crippen molar-refractivity contribution < 1.29 is 33.7 Å². The van der Waals surface area contributed by atoms with E-state index < -0.39 is 13.9 Å². The molecule has 3 N–H and O–H groups in total. The molecule has 0 radical (unpaired) electrons. The fourth-order valence-corrected chi connectivity index (χ4v) is 3.99. The molecule has 0 aliphatic rings. The van der Waals surface area contributed by atoms with Gasteiger partial charge in [0.25, 0.3) is 0 Å². The van der Waals surface area contributed by atoms with Crippen LogP contribution >= 0.6 is 31.5 Å². The predicted octanol–water partition coefficient (Wildman–Crippen LogP) is 2.95. The van der Waals surface area contributed by atoms with E-state index in [1.165, 1.54) is 11.1 Å². The van der Waals surface area contributed by atoms with Crippen LogP contribution in [0.5, 0.6) is 0 Å². The number of carbonyl (C=O) groups excluding carboxylic acids is 2. The van der Waals surface area contributed by atoms with Crippen molar-refractivity contribution >= 4 is 43.4 Å². The van der Waals surface area contributed by atoms with Crippen LogP contribution in [0.4, 0.5) is 0 Å². The topological polar surface area (TPSA) is 113 Å². The lowest BCUT2D eigenvalue weighted by Gasteiger charge is -2.07. The van der Waals surface area contributed by atoms with E-state index in [1.54, 1.807) is 30.4 Å². The first-order valence-corrected chi connectivity index (χ1v) is 13.1. The predicted molar refractivity (Wildman–Crippen MR) is 119 cm³/mol. The molecule has 1 rings (SSSR count). The number of esters is 2. The van der Waals surface area contributed by atoms with Crippen molar-refractivity contribution in [3.8, 4) is 0 Å². The van der Waals surface area contributed by atoms with Gasteiger partial charge in [0.05, 0.1) is 6.42 Å². The highest BCUT2D eigenvalue weighted by molar-refractivity contribution is 7.98. The van der Waals surface area contributed by atoms with Gasteiger partial charge in [-0.2, -0.15) is 38.2 Å². The average Bonchev–Trinajstić information content (AvgIpc) is 2.66. The van der Waals surface area contributed by atoms with Crippen LogP contribution in [0.15, 0.2) is 36.4 Å². The van der Waals surface area contributed by atoms with E-state index in [1.807, 2.05) is 0 Å². The lowest BCUT2D eigenvalue weighted by molar-refractivity contribution is -0.142. The van der Waals surface area contributed by atoms with Gasteiger partial charge >= 0.3 is 19.9 Å². The highest BCUT2D eigenvalue weighted by Gasteiger charge is 2.30. The molecule has 0 saturated carbocycles. The molecule has 0 atom stereocenters. The summed E-state index contributed by atoms with van der Waals surface area (Å²) >= 11 is 3.32. The molecular formula is C19H28O7PS2+. The van der Waals surface area contributed by atoms with Crippen LogP contribution in [-0.4, -0.2) is 57.5 Å². The largest absolute Gasteiger partial charge is 0.465 e. The van der Waals surface area contributed by atoms with E-state index >= 15 is 0 Å². The van der Waals surface area contributed by atoms with Gasteiger partial charge in [-0.3, -0.25) is 4.79 Å². The van der Waals surface area contributed by atoms with Crippen LogP contribution in [0.25, 0.3) is 0 Å². The second kappa shape index (κ2) is 14.0. The first-order chi connectivity index (χ1) is 13.7. The van der Waals surface area contributed by atoms with Crippen LogP contribution in [0.1, 0.15) is 24.5 Å². The summed E-state index contributed by atoms with van der Waals surface area (Å²) in [6.45, 7) is 5.77. The minimum absolute atomic E-state index is 0.211. The van der Waals surface area contributed by atoms with E-state index in [0.29, 0.717) is 17.9 Å². The quantitative estimate of drug-likeness (QED) is 0.166. The van der Waals surface area contributed by atoms with Gasteiger partial charge in [-0.15, -0.1) is 0 Å². The summed E-state index contributed by atoms with van der Waals surface area (Å²) in [6, 6.07) is 8.25. The summed E-state index contributed by atoms with van der Waals surface area (Å²) in [5.41, 5.74) is 2.77. The highest BCUT2D eigenvalue weighted by atomic mass is 32.2. The molecule has 29 heavy (non-hydrogen) atoms. The smallest absolute Gasteiger partial charge is 0.404 e. The molecule has 0 heterocycles. The average molecular weight is 464 g/mol. The molecule has 0 aliphatic heterocycles. The maximum atomic E-state index is 11.4. The van der Waals surface area contributed by atoms with Crippen molar-refractivity contribution in [3.05, 3.63) is 47.5 Å². The Morgan fingerprint density at radius 1 is 0.966 bits per heavy atom. The zero-order valence-electron chi connectivity index (χ0n) is 16.4. The minimum Gasteiger partial charge on any atom is -0.465 e. The molecule has 0 spiro atoms. The van der Waals surface area contributed by atoms with Gasteiger partial charge in [-0.1, -0.05) is 30.8 Å². The second-order valence-electron chi connectivity index (χ2n) is 6.22. The summed E-state index contributed by atoms with van der Waals surface area (Å²) < 4.78 is 10.0. The zero-order valence-corrected chi connectivity index (χ0v) is 18.9. The van der Waals surface area contributed by atoms with Gasteiger partial charge in [-0.25, -0.2) is 4.79 Å². The molecule has 0 aliphatic carbocycles. The van der Waals surface area contributed by atoms with Crippen molar-refractivity contribution in [3.63, 3.8) is 0 Å². The number of thioether (sulfide) groups is 2. The summed E-state index contributed by atoms with van der Waals surface area (Å²) in [5, 5.41) is 0. The fourth-order valence-electron chi connectivity index (χ4n) is 1.96. The molecule has 0 aromatic heterocycles. The zero-order chi connectivity index (χ0) is 21.7. The molecule has 0 saturated heterocycles. The van der Waals surface area contributed by atoms with Crippen LogP contribution < -0.4 is 0 Å². The monoisotopic (exact) mass is 463 g/mol. The third-order valence-corrected chi connectivity index (χ3v) is 6.29. The van der Waals surface area contributed by atoms with Crippen molar-refractivity contribution in [1.29, 1.82) is 0 Å². The SMILES string of the molecule is C=C(C)C(=O)OCCSCc1ccc(CSCCOC(=O)CC[P+](O)(O)O)cc1. The van der Waals surface area contributed by atoms with Crippen LogP contribution in [-0.2, 0) is 30.6 Å². The molecular weight excluding hydrogens is 435 g/mol. The molecule has 10 heteroatoms. The molecule has 1 aromatic rings. The van der Waals surface area contributed by atoms with Crippen LogP contribution in [0, 0.1) is 0 Å². The van der Waals surface area contributed by atoms with Crippen LogP contribution in [0.2, 0.25) is 0 Å². The van der Waals surface area contributed by atoms with E-state index in [9.17, 15) is 9.59 Å². The summed E-state index contributed by atoms with van der Waals surface area (Å²) in [7, 11) is -3.91. The number of rotatable bonds is 14. The Morgan fingerprint density at radius 3 is 1.90 bits per heavy atom. The van der Waals surface area contributed by atoms with E-state index in [-0.39, 0.29) is 25.2 Å². The number of benzene rings is 1. The Morgan fingerprint density at radius 2 is 1.45 bits per heavy atom. The van der Waals surface area contributed by atoms with Crippen molar-refractivity contribution in [2.45, 2.75) is 24.9 Å². The fraction of sp³-hybridized carbons (Fsp3) is 0.474. The third kappa shape index (κ3) is 13.7. The molecule has 0 unspecified atom stereocenters. The van der Waals surface area contributed by atoms with Gasteiger partial charge in [0.2, 0.25) is 0 Å². The van der Waals surface area contributed by atoms with E-state index in [0.717, 1.165) is 17.3 Å². The lowest BCUT2D eigenvalue weighted by atomic mass is 10.2. The van der Waals surface area contributed by atoms with Crippen molar-refractivity contribution in [2.75, 3.05) is 30.9 Å². The Bertz CT molecular complexity index is 660. The Balaban J connectivity index is 2.11. The molecule has 0 fully saturated rings. The Labute approximate surface area is 180 Å². The molecule has 1 aromatic carbocycles. The standard InChI is InChI=1S/C19H28O7PS2/c1-15(2)19(21)26-9-12-29-14-17-5-3-16(4-6-17)13-28-11-8-25-18(20)7-10-27(22,23)24/h3-6,22-24H,1,7-14H2,2H3/q+1. The first-order valence-electron chi connectivity index (χ1n) is 8.95. The van der Waals surface area contributed by atoms with Gasteiger partial charge in [0.15, 0.2) is 6.16 Å². The number of carbonyl (C=O) groups is 2.